The lowest BCUT2D eigenvalue weighted by Gasteiger charge is -2.27. The third kappa shape index (κ3) is 2.71. The molecule has 0 aromatic heterocycles. The highest BCUT2D eigenvalue weighted by atomic mass is 16.2. The average molecular weight is 329 g/mol. The molecule has 0 bridgehead atoms. The topological polar surface area (TPSA) is 95.6 Å². The number of imide groups is 2. The molecule has 1 saturated heterocycles. The van der Waals surface area contributed by atoms with Crippen molar-refractivity contribution in [3.8, 4) is 0 Å². The Morgan fingerprint density at radius 2 is 2.00 bits per heavy atom. The van der Waals surface area contributed by atoms with Crippen LogP contribution >= 0.6 is 0 Å². The van der Waals surface area contributed by atoms with Crippen LogP contribution < -0.4 is 10.6 Å². The fraction of sp³-hybridized carbons (Fsp3) is 0.412. The molecular weight excluding hydrogens is 310 g/mol. The number of nitrogens with one attached hydrogen (secondary N) is 2. The molecule has 2 N–H and O–H groups in total. The minimum absolute atomic E-state index is 0.124. The Hall–Kier alpha value is -2.54. The lowest BCUT2D eigenvalue weighted by molar-refractivity contribution is -0.136. The maximum absolute atomic E-state index is 12.8. The van der Waals surface area contributed by atoms with Crippen LogP contribution in [0.1, 0.15) is 45.5 Å². The van der Waals surface area contributed by atoms with E-state index in [4.69, 9.17) is 0 Å². The summed E-state index contributed by atoms with van der Waals surface area (Å²) in [4.78, 5) is 49.8. The number of carbonyl (C=O) groups is 4. The van der Waals surface area contributed by atoms with E-state index in [9.17, 15) is 19.2 Å². The molecule has 0 saturated carbocycles. The second-order valence-electron chi connectivity index (χ2n) is 5.99. The van der Waals surface area contributed by atoms with Crippen LogP contribution in [0.5, 0.6) is 0 Å². The van der Waals surface area contributed by atoms with E-state index in [-0.39, 0.29) is 18.7 Å². The fourth-order valence-electron chi connectivity index (χ4n) is 3.25. The van der Waals surface area contributed by atoms with E-state index in [1.807, 2.05) is 13.1 Å². The van der Waals surface area contributed by atoms with Crippen LogP contribution in [0.15, 0.2) is 18.2 Å². The van der Waals surface area contributed by atoms with Crippen LogP contribution in [0.4, 0.5) is 0 Å². The average Bonchev–Trinajstić information content (AvgIpc) is 2.81. The van der Waals surface area contributed by atoms with E-state index in [0.29, 0.717) is 17.5 Å². The summed E-state index contributed by atoms with van der Waals surface area (Å²) in [5.74, 6) is -1.86. The monoisotopic (exact) mass is 329 g/mol. The van der Waals surface area contributed by atoms with Crippen molar-refractivity contribution < 1.29 is 19.2 Å². The van der Waals surface area contributed by atoms with Gasteiger partial charge in [-0.15, -0.1) is 0 Å². The Morgan fingerprint density at radius 1 is 1.21 bits per heavy atom. The molecule has 126 valence electrons. The molecule has 4 amide bonds. The summed E-state index contributed by atoms with van der Waals surface area (Å²) >= 11 is 0. The van der Waals surface area contributed by atoms with Crippen molar-refractivity contribution in [2.75, 3.05) is 13.6 Å². The van der Waals surface area contributed by atoms with E-state index >= 15 is 0 Å². The number of hydrogen-bond donors (Lipinski definition) is 2. The summed E-state index contributed by atoms with van der Waals surface area (Å²) < 4.78 is 0. The van der Waals surface area contributed by atoms with Crippen molar-refractivity contribution >= 4 is 23.6 Å². The Kier molecular flexibility index (Phi) is 4.44. The molecule has 24 heavy (non-hydrogen) atoms. The van der Waals surface area contributed by atoms with Crippen LogP contribution in [0, 0.1) is 0 Å². The van der Waals surface area contributed by atoms with Crippen molar-refractivity contribution in [2.45, 2.75) is 31.7 Å². The van der Waals surface area contributed by atoms with Crippen LogP contribution in [0.2, 0.25) is 0 Å². The highest BCUT2D eigenvalue weighted by Gasteiger charge is 2.45. The summed E-state index contributed by atoms with van der Waals surface area (Å²) in [7, 11) is 1.86. The Labute approximate surface area is 139 Å². The zero-order valence-electron chi connectivity index (χ0n) is 13.4. The van der Waals surface area contributed by atoms with E-state index < -0.39 is 23.8 Å². The van der Waals surface area contributed by atoms with E-state index in [2.05, 4.69) is 10.6 Å². The van der Waals surface area contributed by atoms with E-state index in [1.165, 1.54) is 0 Å². The first-order valence-corrected chi connectivity index (χ1v) is 8.02. The third-order valence-corrected chi connectivity index (χ3v) is 4.43. The normalized spacial score (nSPS) is 20.4. The quantitative estimate of drug-likeness (QED) is 0.596. The van der Waals surface area contributed by atoms with Gasteiger partial charge in [-0.05, 0) is 44.5 Å². The van der Waals surface area contributed by atoms with Gasteiger partial charge in [-0.25, -0.2) is 0 Å². The maximum atomic E-state index is 12.8. The first kappa shape index (κ1) is 16.3. The molecule has 7 nitrogen and oxygen atoms in total. The molecule has 1 atom stereocenters. The van der Waals surface area contributed by atoms with Crippen LogP contribution in [0.25, 0.3) is 0 Å². The number of aryl methyl sites for hydroxylation is 1. The van der Waals surface area contributed by atoms with Crippen molar-refractivity contribution in [1.29, 1.82) is 0 Å². The summed E-state index contributed by atoms with van der Waals surface area (Å²) in [6.45, 7) is 0.808. The Morgan fingerprint density at radius 3 is 2.71 bits per heavy atom. The SMILES string of the molecule is CNCCCc1cccc2c1C(=O)N(C1CCC(=O)NC1=O)C2=O. The van der Waals surface area contributed by atoms with Crippen molar-refractivity contribution in [1.82, 2.24) is 15.5 Å². The fourth-order valence-corrected chi connectivity index (χ4v) is 3.25. The van der Waals surface area contributed by atoms with Gasteiger partial charge in [-0.3, -0.25) is 29.4 Å². The van der Waals surface area contributed by atoms with Gasteiger partial charge in [-0.1, -0.05) is 12.1 Å². The molecule has 2 aliphatic heterocycles. The van der Waals surface area contributed by atoms with Gasteiger partial charge < -0.3 is 5.32 Å². The lowest BCUT2D eigenvalue weighted by Crippen LogP contribution is -2.54. The Bertz CT molecular complexity index is 729. The van der Waals surface area contributed by atoms with Gasteiger partial charge in [0.2, 0.25) is 11.8 Å². The minimum atomic E-state index is -0.916. The lowest BCUT2D eigenvalue weighted by atomic mass is 9.99. The van der Waals surface area contributed by atoms with E-state index in [0.717, 1.165) is 23.4 Å². The smallest absolute Gasteiger partial charge is 0.262 e. The van der Waals surface area contributed by atoms with Crippen LogP contribution in [-0.2, 0) is 16.0 Å². The number of amides is 4. The summed E-state index contributed by atoms with van der Waals surface area (Å²) in [6.07, 6.45) is 1.81. The van der Waals surface area contributed by atoms with Gasteiger partial charge in [-0.2, -0.15) is 0 Å². The highest BCUT2D eigenvalue weighted by molar-refractivity contribution is 6.24. The Balaban J connectivity index is 1.89. The number of carbonyl (C=O) groups excluding carboxylic acids is 4. The first-order chi connectivity index (χ1) is 11.5. The second-order valence-corrected chi connectivity index (χ2v) is 5.99. The largest absolute Gasteiger partial charge is 0.320 e. The molecule has 0 spiro atoms. The van der Waals surface area contributed by atoms with Crippen molar-refractivity contribution in [3.05, 3.63) is 34.9 Å². The summed E-state index contributed by atoms with van der Waals surface area (Å²) in [5, 5.41) is 5.25. The molecule has 1 aromatic rings. The predicted molar refractivity (Wildman–Crippen MR) is 85.4 cm³/mol. The highest BCUT2D eigenvalue weighted by Crippen LogP contribution is 2.30. The molecule has 1 unspecified atom stereocenters. The molecular formula is C17H19N3O4. The van der Waals surface area contributed by atoms with Gasteiger partial charge in [0.05, 0.1) is 11.1 Å². The zero-order chi connectivity index (χ0) is 17.3. The standard InChI is InChI=1S/C17H19N3O4/c1-18-9-3-5-10-4-2-6-11-14(10)17(24)20(16(11)23)12-7-8-13(21)19-15(12)22/h2,4,6,12,18H,3,5,7-9H2,1H3,(H,19,21,22). The first-order valence-electron chi connectivity index (χ1n) is 8.02. The molecule has 2 aliphatic rings. The molecule has 1 fully saturated rings. The van der Waals surface area contributed by atoms with Gasteiger partial charge in [0.1, 0.15) is 6.04 Å². The van der Waals surface area contributed by atoms with Gasteiger partial charge in [0.15, 0.2) is 0 Å². The molecule has 0 aliphatic carbocycles. The molecule has 1 aromatic carbocycles. The number of piperidine rings is 1. The number of rotatable bonds is 5. The van der Waals surface area contributed by atoms with Crippen molar-refractivity contribution in [3.63, 3.8) is 0 Å². The van der Waals surface area contributed by atoms with Gasteiger partial charge in [0.25, 0.3) is 11.8 Å². The van der Waals surface area contributed by atoms with Crippen molar-refractivity contribution in [2.24, 2.45) is 0 Å². The summed E-state index contributed by atoms with van der Waals surface area (Å²) in [6, 6.07) is 4.30. The second kappa shape index (κ2) is 6.52. The molecule has 3 rings (SSSR count). The van der Waals surface area contributed by atoms with Crippen LogP contribution in [-0.4, -0.2) is 48.2 Å². The number of fused-ring (bicyclic) bond motifs is 1. The maximum Gasteiger partial charge on any atom is 0.262 e. The third-order valence-electron chi connectivity index (χ3n) is 4.43. The van der Waals surface area contributed by atoms with E-state index in [1.54, 1.807) is 12.1 Å². The van der Waals surface area contributed by atoms with Crippen LogP contribution in [0.3, 0.4) is 0 Å². The summed E-state index contributed by atoms with van der Waals surface area (Å²) in [5.41, 5.74) is 1.55. The molecule has 2 heterocycles. The van der Waals surface area contributed by atoms with Gasteiger partial charge >= 0.3 is 0 Å². The minimum Gasteiger partial charge on any atom is -0.320 e. The zero-order valence-corrected chi connectivity index (χ0v) is 13.4. The molecule has 0 radical (unpaired) electrons. The number of hydrogen-bond acceptors (Lipinski definition) is 5. The predicted octanol–water partition coefficient (Wildman–Crippen LogP) is 0.240. The van der Waals surface area contributed by atoms with Gasteiger partial charge in [0, 0.05) is 6.42 Å². The number of nitrogens with zero attached hydrogens (tertiary/aromatic N) is 1. The number of benzene rings is 1. The molecule has 7 heteroatoms.